The van der Waals surface area contributed by atoms with Crippen LogP contribution < -0.4 is 15.6 Å². The number of nitrogens with two attached hydrogens (primary N) is 1. The van der Waals surface area contributed by atoms with Crippen LogP contribution in [-0.4, -0.2) is 79.0 Å². The molecule has 0 amide bonds. The van der Waals surface area contributed by atoms with Gasteiger partial charge < -0.3 is 34.7 Å². The lowest BCUT2D eigenvalue weighted by atomic mass is 9.96. The van der Waals surface area contributed by atoms with Crippen LogP contribution in [0, 0.1) is 0 Å². The monoisotopic (exact) mass is 580 g/mol. The van der Waals surface area contributed by atoms with Crippen LogP contribution in [0.25, 0.3) is 11.2 Å². The predicted molar refractivity (Wildman–Crippen MR) is 141 cm³/mol. The van der Waals surface area contributed by atoms with E-state index in [1.807, 2.05) is 30.3 Å². The van der Waals surface area contributed by atoms with Crippen LogP contribution in [0.5, 0.6) is 5.88 Å². The van der Waals surface area contributed by atoms with Crippen LogP contribution in [0.3, 0.4) is 0 Å². The Labute approximate surface area is 227 Å². The van der Waals surface area contributed by atoms with Gasteiger partial charge in [0.1, 0.15) is 30.0 Å². The highest BCUT2D eigenvalue weighted by Gasteiger charge is 2.54. The lowest BCUT2D eigenvalue weighted by molar-refractivity contribution is -0.150. The summed E-state index contributed by atoms with van der Waals surface area (Å²) in [5.74, 6) is -0.310. The van der Waals surface area contributed by atoms with E-state index in [-0.39, 0.29) is 35.4 Å². The Morgan fingerprint density at radius 1 is 1.38 bits per heavy atom. The fraction of sp³-hybridized carbons (Fsp3) is 0.478. The first-order chi connectivity index (χ1) is 18.5. The number of hydrogen-bond acceptors (Lipinski definition) is 13. The largest absolute Gasteiger partial charge is 0.479 e. The van der Waals surface area contributed by atoms with Crippen molar-refractivity contribution in [3.63, 3.8) is 0 Å². The van der Waals surface area contributed by atoms with Gasteiger partial charge in [-0.05, 0) is 19.4 Å². The van der Waals surface area contributed by atoms with Crippen LogP contribution in [-0.2, 0) is 23.4 Å². The Kier molecular flexibility index (Phi) is 7.59. The van der Waals surface area contributed by atoms with Gasteiger partial charge in [-0.25, -0.2) is 10.1 Å². The SMILES string of the molecule is COc1nc(N)nc2c1ncn2[C@@H]1OC(CO[P@]2(=O)N[C@@H](C(=O)O[C@H](C)c3ccccc3)CS2)[C@@H](O)[C@@]1(C)O. The molecule has 5 rings (SSSR count). The summed E-state index contributed by atoms with van der Waals surface area (Å²) in [6.07, 6.45) is -2.75. The Bertz CT molecular complexity index is 1410. The van der Waals surface area contributed by atoms with Crippen molar-refractivity contribution in [1.29, 1.82) is 0 Å². The predicted octanol–water partition coefficient (Wildman–Crippen LogP) is 1.56. The van der Waals surface area contributed by atoms with Gasteiger partial charge in [-0.15, -0.1) is 0 Å². The number of hydrogen-bond donors (Lipinski definition) is 4. The van der Waals surface area contributed by atoms with Crippen molar-refractivity contribution in [3.05, 3.63) is 42.2 Å². The lowest BCUT2D eigenvalue weighted by Gasteiger charge is -2.27. The Morgan fingerprint density at radius 2 is 2.13 bits per heavy atom. The molecule has 0 aliphatic carbocycles. The first-order valence-corrected chi connectivity index (χ1v) is 15.3. The molecule has 14 nitrogen and oxygen atoms in total. The fourth-order valence-electron chi connectivity index (χ4n) is 4.45. The highest BCUT2D eigenvalue weighted by molar-refractivity contribution is 8.56. The van der Waals surface area contributed by atoms with Crippen molar-refractivity contribution >= 4 is 41.2 Å². The molecule has 16 heteroatoms. The van der Waals surface area contributed by atoms with Crippen molar-refractivity contribution < 1.29 is 38.3 Å². The number of methoxy groups -OCH3 is 1. The van der Waals surface area contributed by atoms with E-state index in [9.17, 15) is 19.6 Å². The zero-order chi connectivity index (χ0) is 27.9. The van der Waals surface area contributed by atoms with Crippen LogP contribution in [0.4, 0.5) is 5.95 Å². The molecule has 2 aliphatic heterocycles. The number of nitrogens with one attached hydrogen (secondary N) is 1. The molecule has 2 fully saturated rings. The van der Waals surface area contributed by atoms with Crippen LogP contribution >= 0.6 is 18.1 Å². The number of ether oxygens (including phenoxy) is 3. The molecule has 0 bridgehead atoms. The molecule has 210 valence electrons. The number of nitrogen functional groups attached to an aromatic ring is 1. The third-order valence-electron chi connectivity index (χ3n) is 6.59. The van der Waals surface area contributed by atoms with E-state index in [0.29, 0.717) is 0 Å². The highest BCUT2D eigenvalue weighted by Crippen LogP contribution is 2.61. The molecule has 2 saturated heterocycles. The summed E-state index contributed by atoms with van der Waals surface area (Å²) in [7, 11) is 1.41. The third kappa shape index (κ3) is 5.35. The molecule has 39 heavy (non-hydrogen) atoms. The number of rotatable bonds is 8. The minimum Gasteiger partial charge on any atom is -0.479 e. The zero-order valence-electron chi connectivity index (χ0n) is 21.3. The Balaban J connectivity index is 1.23. The summed E-state index contributed by atoms with van der Waals surface area (Å²) in [5.41, 5.74) is 5.33. The molecule has 0 saturated carbocycles. The van der Waals surface area contributed by atoms with E-state index < -0.39 is 48.9 Å². The van der Waals surface area contributed by atoms with Crippen molar-refractivity contribution in [2.24, 2.45) is 0 Å². The van der Waals surface area contributed by atoms with Gasteiger partial charge in [-0.3, -0.25) is 13.9 Å². The second kappa shape index (κ2) is 10.7. The number of fused-ring (bicyclic) bond motifs is 1. The van der Waals surface area contributed by atoms with E-state index >= 15 is 0 Å². The molecule has 2 aromatic heterocycles. The molecule has 4 heterocycles. The van der Waals surface area contributed by atoms with Gasteiger partial charge in [0.05, 0.1) is 20.0 Å². The average Bonchev–Trinajstić information content (AvgIpc) is 3.57. The number of esters is 1. The van der Waals surface area contributed by atoms with Crippen LogP contribution in [0.1, 0.15) is 31.7 Å². The van der Waals surface area contributed by atoms with Crippen molar-refractivity contribution in [2.75, 3.05) is 25.2 Å². The fourth-order valence-corrected chi connectivity index (χ4v) is 8.33. The van der Waals surface area contributed by atoms with Gasteiger partial charge in [0.15, 0.2) is 17.4 Å². The highest BCUT2D eigenvalue weighted by atomic mass is 32.7. The minimum atomic E-state index is -3.53. The van der Waals surface area contributed by atoms with Gasteiger partial charge in [0, 0.05) is 5.75 Å². The molecule has 7 atom stereocenters. The van der Waals surface area contributed by atoms with Gasteiger partial charge in [-0.1, -0.05) is 41.7 Å². The Hall–Kier alpha value is -2.78. The minimum absolute atomic E-state index is 0.0761. The van der Waals surface area contributed by atoms with E-state index in [1.165, 1.54) is 24.9 Å². The first kappa shape index (κ1) is 27.8. The summed E-state index contributed by atoms with van der Waals surface area (Å²) in [6, 6.07) is 8.43. The van der Waals surface area contributed by atoms with E-state index in [1.54, 1.807) is 6.92 Å². The van der Waals surface area contributed by atoms with Crippen molar-refractivity contribution in [1.82, 2.24) is 24.6 Å². The number of benzene rings is 1. The number of aliphatic hydroxyl groups is 2. The lowest BCUT2D eigenvalue weighted by Crippen LogP contribution is -2.44. The molecule has 0 radical (unpaired) electrons. The van der Waals surface area contributed by atoms with Crippen LogP contribution in [0.15, 0.2) is 36.7 Å². The number of imidazole rings is 1. The topological polar surface area (TPSA) is 193 Å². The molecule has 1 aromatic carbocycles. The van der Waals surface area contributed by atoms with Gasteiger partial charge in [-0.2, -0.15) is 9.97 Å². The number of aliphatic hydroxyl groups excluding tert-OH is 1. The number of aromatic nitrogens is 4. The molecule has 1 unspecified atom stereocenters. The number of carbonyl (C=O) groups is 1. The van der Waals surface area contributed by atoms with Crippen molar-refractivity contribution in [2.45, 2.75) is 50.0 Å². The molecule has 5 N–H and O–H groups in total. The van der Waals surface area contributed by atoms with E-state index in [2.05, 4.69) is 20.0 Å². The van der Waals surface area contributed by atoms with Crippen LogP contribution in [0.2, 0.25) is 0 Å². The van der Waals surface area contributed by atoms with E-state index in [0.717, 1.165) is 16.9 Å². The number of nitrogens with zero attached hydrogens (tertiary/aromatic N) is 4. The zero-order valence-corrected chi connectivity index (χ0v) is 23.0. The first-order valence-electron chi connectivity index (χ1n) is 12.0. The molecule has 2 aliphatic rings. The molecule has 0 spiro atoms. The second-order valence-electron chi connectivity index (χ2n) is 9.37. The Morgan fingerprint density at radius 3 is 2.85 bits per heavy atom. The second-order valence-corrected chi connectivity index (χ2v) is 13.7. The smallest absolute Gasteiger partial charge is 0.327 e. The van der Waals surface area contributed by atoms with E-state index in [4.69, 9.17) is 24.5 Å². The van der Waals surface area contributed by atoms with Crippen molar-refractivity contribution in [3.8, 4) is 5.88 Å². The maximum Gasteiger partial charge on any atom is 0.327 e. The standard InChI is InChI=1S/C23H29N6O8PS/c1-12(13-7-5-4-6-8-13)36-20(31)14-10-39-38(33,28-14)35-9-15-17(30)23(2,32)21(37-15)29-11-25-16-18(29)26-22(24)27-19(16)34-3/h4-8,11-12,14-15,17,21,30,32H,9-10H2,1-3H3,(H,28,33)(H2,24,26,27)/t12-,14-,15?,17-,21-,23-,38-/m1/s1. The summed E-state index contributed by atoms with van der Waals surface area (Å²) in [5, 5.41) is 24.7. The average molecular weight is 581 g/mol. The molecule has 3 aromatic rings. The number of carbonyl (C=O) groups excluding carboxylic acids is 1. The third-order valence-corrected chi connectivity index (χ3v) is 10.6. The summed E-state index contributed by atoms with van der Waals surface area (Å²) in [4.78, 5) is 25.0. The summed E-state index contributed by atoms with van der Waals surface area (Å²) >= 11 is 0.956. The normalized spacial score (nSPS) is 31.4. The van der Waals surface area contributed by atoms with Gasteiger partial charge in [0.25, 0.3) is 0 Å². The number of anilines is 1. The maximum absolute atomic E-state index is 13.3. The van der Waals surface area contributed by atoms with Gasteiger partial charge >= 0.3 is 12.7 Å². The quantitative estimate of drug-likeness (QED) is 0.221. The summed E-state index contributed by atoms with van der Waals surface area (Å²) < 4.78 is 37.0. The maximum atomic E-state index is 13.3. The molecular weight excluding hydrogens is 551 g/mol. The molecular formula is C23H29N6O8PS. The summed E-state index contributed by atoms with van der Waals surface area (Å²) in [6.45, 7) is -0.719. The van der Waals surface area contributed by atoms with Gasteiger partial charge in [0.2, 0.25) is 11.8 Å².